The molecule has 166 valence electrons. The van der Waals surface area contributed by atoms with Gasteiger partial charge >= 0.3 is 0 Å². The third-order valence-corrected chi connectivity index (χ3v) is 6.09. The fourth-order valence-corrected chi connectivity index (χ4v) is 4.07. The van der Waals surface area contributed by atoms with Crippen LogP contribution in [0.1, 0.15) is 30.6 Å². The Morgan fingerprint density at radius 2 is 1.71 bits per heavy atom. The van der Waals surface area contributed by atoms with Gasteiger partial charge in [0.15, 0.2) is 5.16 Å². The van der Waals surface area contributed by atoms with Crippen molar-refractivity contribution in [3.05, 3.63) is 42.2 Å². The molecular weight excluding hydrogens is 414 g/mol. The number of nitrogens with one attached hydrogen (secondary N) is 1. The second kappa shape index (κ2) is 10.5. The molecule has 0 unspecified atom stereocenters. The molecular formula is C22H29N5O3S. The van der Waals surface area contributed by atoms with Crippen LogP contribution in [0.25, 0.3) is 0 Å². The fraction of sp³-hybridized carbons (Fsp3) is 0.455. The van der Waals surface area contributed by atoms with Gasteiger partial charge in [0.05, 0.1) is 5.75 Å². The molecule has 1 fully saturated rings. The first-order valence-corrected chi connectivity index (χ1v) is 11.4. The molecule has 3 rings (SSSR count). The van der Waals surface area contributed by atoms with Crippen molar-refractivity contribution in [2.24, 2.45) is 13.0 Å². The van der Waals surface area contributed by atoms with E-state index in [0.717, 1.165) is 5.16 Å². The lowest BCUT2D eigenvalue weighted by Crippen LogP contribution is -2.50. The Morgan fingerprint density at radius 3 is 2.29 bits per heavy atom. The second-order valence-corrected chi connectivity index (χ2v) is 8.95. The van der Waals surface area contributed by atoms with Gasteiger partial charge in [-0.3, -0.25) is 14.4 Å². The molecule has 2 heterocycles. The lowest BCUT2D eigenvalue weighted by molar-refractivity contribution is -0.133. The molecule has 1 aliphatic rings. The van der Waals surface area contributed by atoms with Crippen molar-refractivity contribution in [3.63, 3.8) is 0 Å². The van der Waals surface area contributed by atoms with E-state index < -0.39 is 0 Å². The number of carbonyl (C=O) groups excluding carboxylic acids is 3. The standard InChI is InChI=1S/C22H29N5O3S/c1-16(2)14-20(29)26-10-12-27(13-11-26)21(30)17-4-6-18(7-5-17)24-19(28)15-31-22-23-8-9-25(22)3/h4-9,16H,10-15H2,1-3H3,(H,24,28). The number of piperazine rings is 1. The van der Waals surface area contributed by atoms with Crippen LogP contribution in [0.15, 0.2) is 41.8 Å². The van der Waals surface area contributed by atoms with Crippen molar-refractivity contribution in [1.82, 2.24) is 19.4 Å². The maximum absolute atomic E-state index is 12.8. The Morgan fingerprint density at radius 1 is 1.06 bits per heavy atom. The number of imidazole rings is 1. The van der Waals surface area contributed by atoms with Crippen molar-refractivity contribution < 1.29 is 14.4 Å². The van der Waals surface area contributed by atoms with Gasteiger partial charge in [-0.1, -0.05) is 25.6 Å². The van der Waals surface area contributed by atoms with Gasteiger partial charge in [0.2, 0.25) is 11.8 Å². The minimum Gasteiger partial charge on any atom is -0.339 e. The average molecular weight is 444 g/mol. The summed E-state index contributed by atoms with van der Waals surface area (Å²) in [5.74, 6) is 0.557. The van der Waals surface area contributed by atoms with Crippen molar-refractivity contribution in [2.75, 3.05) is 37.2 Å². The zero-order chi connectivity index (χ0) is 22.4. The molecule has 1 saturated heterocycles. The monoisotopic (exact) mass is 443 g/mol. The van der Waals surface area contributed by atoms with Gasteiger partial charge in [-0.25, -0.2) is 4.98 Å². The number of hydrogen-bond acceptors (Lipinski definition) is 5. The first-order chi connectivity index (χ1) is 14.8. The zero-order valence-corrected chi connectivity index (χ0v) is 19.0. The van der Waals surface area contributed by atoms with E-state index in [1.54, 1.807) is 35.4 Å². The third-order valence-electron chi connectivity index (χ3n) is 5.03. The van der Waals surface area contributed by atoms with Gasteiger partial charge < -0.3 is 19.7 Å². The summed E-state index contributed by atoms with van der Waals surface area (Å²) >= 11 is 1.36. The zero-order valence-electron chi connectivity index (χ0n) is 18.2. The van der Waals surface area contributed by atoms with E-state index in [1.165, 1.54) is 11.8 Å². The van der Waals surface area contributed by atoms with Crippen LogP contribution in [-0.2, 0) is 16.6 Å². The lowest BCUT2D eigenvalue weighted by Gasteiger charge is -2.35. The van der Waals surface area contributed by atoms with Gasteiger partial charge in [0, 0.05) is 63.3 Å². The highest BCUT2D eigenvalue weighted by molar-refractivity contribution is 7.99. The van der Waals surface area contributed by atoms with Gasteiger partial charge in [-0.2, -0.15) is 0 Å². The van der Waals surface area contributed by atoms with E-state index in [1.807, 2.05) is 36.6 Å². The summed E-state index contributed by atoms with van der Waals surface area (Å²) in [6.45, 7) is 6.27. The van der Waals surface area contributed by atoms with E-state index in [0.29, 0.717) is 49.8 Å². The van der Waals surface area contributed by atoms with Crippen molar-refractivity contribution in [1.29, 1.82) is 0 Å². The molecule has 0 atom stereocenters. The number of aromatic nitrogens is 2. The van der Waals surface area contributed by atoms with Crippen molar-refractivity contribution in [3.8, 4) is 0 Å². The summed E-state index contributed by atoms with van der Waals surface area (Å²) in [4.78, 5) is 44.9. The normalized spacial score (nSPS) is 14.1. The van der Waals surface area contributed by atoms with Crippen LogP contribution in [0.5, 0.6) is 0 Å². The summed E-state index contributed by atoms with van der Waals surface area (Å²) in [5, 5.41) is 3.62. The third kappa shape index (κ3) is 6.33. The molecule has 9 heteroatoms. The Labute approximate surface area is 187 Å². The Bertz CT molecular complexity index is 917. The largest absolute Gasteiger partial charge is 0.339 e. The number of rotatable bonds is 7. The molecule has 0 saturated carbocycles. The molecule has 1 aromatic carbocycles. The minimum absolute atomic E-state index is 0.0563. The number of anilines is 1. The van der Waals surface area contributed by atoms with E-state index in [9.17, 15) is 14.4 Å². The number of benzene rings is 1. The first kappa shape index (κ1) is 22.9. The Kier molecular flexibility index (Phi) is 7.73. The lowest BCUT2D eigenvalue weighted by atomic mass is 10.1. The Hall–Kier alpha value is -2.81. The predicted octanol–water partition coefficient (Wildman–Crippen LogP) is 2.48. The summed E-state index contributed by atoms with van der Waals surface area (Å²) in [6, 6.07) is 6.91. The van der Waals surface area contributed by atoms with Gasteiger partial charge in [-0.15, -0.1) is 0 Å². The quantitative estimate of drug-likeness (QED) is 0.665. The highest BCUT2D eigenvalue weighted by Gasteiger charge is 2.25. The molecule has 0 bridgehead atoms. The SMILES string of the molecule is CC(C)CC(=O)N1CCN(C(=O)c2ccc(NC(=O)CSc3nccn3C)cc2)CC1. The van der Waals surface area contributed by atoms with Crippen molar-refractivity contribution in [2.45, 2.75) is 25.4 Å². The number of nitrogens with zero attached hydrogens (tertiary/aromatic N) is 4. The van der Waals surface area contributed by atoms with E-state index >= 15 is 0 Å². The molecule has 0 radical (unpaired) electrons. The first-order valence-electron chi connectivity index (χ1n) is 10.4. The van der Waals surface area contributed by atoms with E-state index in [2.05, 4.69) is 10.3 Å². The maximum atomic E-state index is 12.8. The van der Waals surface area contributed by atoms with Gasteiger partial charge in [0.1, 0.15) is 0 Å². The second-order valence-electron chi connectivity index (χ2n) is 8.01. The van der Waals surface area contributed by atoms with Gasteiger partial charge in [0.25, 0.3) is 5.91 Å². The van der Waals surface area contributed by atoms with Gasteiger partial charge in [-0.05, 0) is 30.2 Å². The average Bonchev–Trinajstić information content (AvgIpc) is 3.16. The molecule has 31 heavy (non-hydrogen) atoms. The molecule has 0 spiro atoms. The molecule has 8 nitrogen and oxygen atoms in total. The smallest absolute Gasteiger partial charge is 0.253 e. The van der Waals surface area contributed by atoms with Crippen molar-refractivity contribution >= 4 is 35.2 Å². The number of amides is 3. The molecule has 3 amide bonds. The summed E-state index contributed by atoms with van der Waals surface area (Å²) in [7, 11) is 1.88. The number of hydrogen-bond donors (Lipinski definition) is 1. The van der Waals surface area contributed by atoms with Crippen LogP contribution in [-0.4, -0.2) is 69.0 Å². The highest BCUT2D eigenvalue weighted by atomic mass is 32.2. The van der Waals surface area contributed by atoms with Crippen LogP contribution < -0.4 is 5.32 Å². The number of aryl methyl sites for hydroxylation is 1. The fourth-order valence-electron chi connectivity index (χ4n) is 3.33. The molecule has 1 aromatic heterocycles. The van der Waals surface area contributed by atoms with Crippen LogP contribution >= 0.6 is 11.8 Å². The van der Waals surface area contributed by atoms with Crippen LogP contribution in [0, 0.1) is 5.92 Å². The highest BCUT2D eigenvalue weighted by Crippen LogP contribution is 2.17. The van der Waals surface area contributed by atoms with E-state index in [4.69, 9.17) is 0 Å². The van der Waals surface area contributed by atoms with Crippen LogP contribution in [0.2, 0.25) is 0 Å². The molecule has 1 aliphatic heterocycles. The summed E-state index contributed by atoms with van der Waals surface area (Å²) in [5.41, 5.74) is 1.22. The topological polar surface area (TPSA) is 87.5 Å². The Balaban J connectivity index is 1.47. The maximum Gasteiger partial charge on any atom is 0.253 e. The predicted molar refractivity (Wildman–Crippen MR) is 121 cm³/mol. The number of thioether (sulfide) groups is 1. The van der Waals surface area contributed by atoms with Crippen LogP contribution in [0.4, 0.5) is 5.69 Å². The van der Waals surface area contributed by atoms with E-state index in [-0.39, 0.29) is 23.5 Å². The summed E-state index contributed by atoms with van der Waals surface area (Å²) < 4.78 is 1.86. The molecule has 1 N–H and O–H groups in total. The minimum atomic E-state index is -0.130. The summed E-state index contributed by atoms with van der Waals surface area (Å²) in [6.07, 6.45) is 4.07. The number of carbonyl (C=O) groups is 3. The molecule has 2 aromatic rings. The molecule has 0 aliphatic carbocycles. The van der Waals surface area contributed by atoms with Crippen LogP contribution in [0.3, 0.4) is 0 Å².